The van der Waals surface area contributed by atoms with E-state index in [9.17, 15) is 14.4 Å². The van der Waals surface area contributed by atoms with Crippen LogP contribution in [0.1, 0.15) is 59.6 Å². The van der Waals surface area contributed by atoms with Gasteiger partial charge in [0.15, 0.2) is 18.3 Å². The van der Waals surface area contributed by atoms with Gasteiger partial charge in [-0.1, -0.05) is 17.7 Å². The van der Waals surface area contributed by atoms with E-state index in [-0.39, 0.29) is 24.3 Å². The predicted molar refractivity (Wildman–Crippen MR) is 161 cm³/mol. The van der Waals surface area contributed by atoms with Crippen LogP contribution in [-0.2, 0) is 23.9 Å². The number of carbonyl (C=O) groups is 3. The maximum absolute atomic E-state index is 11.6. The van der Waals surface area contributed by atoms with E-state index in [0.717, 1.165) is 20.9 Å². The molecule has 40 heavy (non-hydrogen) atoms. The first-order valence-electron chi connectivity index (χ1n) is 12.6. The van der Waals surface area contributed by atoms with E-state index in [1.54, 1.807) is 23.9 Å². The molecule has 2 aromatic rings. The highest BCUT2D eigenvalue weighted by Gasteiger charge is 2.18. The molecule has 7 nitrogen and oxygen atoms in total. The molecule has 2 rings (SSSR count). The maximum Gasteiger partial charge on any atom is 0.344 e. The number of carbonyl (C=O) groups excluding carboxylic acids is 3. The lowest BCUT2D eigenvalue weighted by Crippen LogP contribution is -2.27. The van der Waals surface area contributed by atoms with E-state index in [4.69, 9.17) is 25.4 Å². The standard InChI is InChI=1S/C16H20O3S.C15H20O4S/c1-6-9-20-13-7-8-14(12(2)10-13)18-11-15(17)19-16(3,4)5;1-10-8-12(20-11(2)16)6-7-13(10)18-9-14(17)19-15(3,4)5/h1,7-8,10H,9,11H2,2-5H3;6-8H,9H2,1-5H3. The normalized spacial score (nSPS) is 10.9. The molecule has 0 heterocycles. The molecular formula is C31H40O7S2. The molecule has 0 spiro atoms. The highest BCUT2D eigenvalue weighted by Crippen LogP contribution is 2.27. The van der Waals surface area contributed by atoms with Gasteiger partial charge in [-0.25, -0.2) is 9.59 Å². The number of rotatable bonds is 9. The van der Waals surface area contributed by atoms with E-state index in [0.29, 0.717) is 17.3 Å². The van der Waals surface area contributed by atoms with Crippen molar-refractivity contribution >= 4 is 40.6 Å². The van der Waals surface area contributed by atoms with Gasteiger partial charge in [0.05, 0.1) is 5.75 Å². The summed E-state index contributed by atoms with van der Waals surface area (Å²) < 4.78 is 21.3. The summed E-state index contributed by atoms with van der Waals surface area (Å²) in [6.07, 6.45) is 5.23. The molecule has 0 saturated carbocycles. The second-order valence-corrected chi connectivity index (χ2v) is 13.0. The van der Waals surface area contributed by atoms with Gasteiger partial charge in [0.1, 0.15) is 22.7 Å². The molecule has 2 aromatic carbocycles. The Bertz CT molecular complexity index is 1200. The number of benzene rings is 2. The van der Waals surface area contributed by atoms with Crippen molar-refractivity contribution < 1.29 is 33.3 Å². The third kappa shape index (κ3) is 15.5. The zero-order valence-electron chi connectivity index (χ0n) is 24.8. The summed E-state index contributed by atoms with van der Waals surface area (Å²) in [4.78, 5) is 36.1. The average molecular weight is 589 g/mol. The van der Waals surface area contributed by atoms with Gasteiger partial charge in [0.25, 0.3) is 0 Å². The Morgan fingerprint density at radius 1 is 0.775 bits per heavy atom. The zero-order chi connectivity index (χ0) is 30.5. The van der Waals surface area contributed by atoms with Crippen molar-refractivity contribution in [3.8, 4) is 23.8 Å². The van der Waals surface area contributed by atoms with Gasteiger partial charge in [0.2, 0.25) is 0 Å². The number of ether oxygens (including phenoxy) is 4. The van der Waals surface area contributed by atoms with E-state index < -0.39 is 17.2 Å². The first kappa shape index (κ1) is 34.9. The number of aryl methyl sites for hydroxylation is 2. The summed E-state index contributed by atoms with van der Waals surface area (Å²) in [6.45, 7) is 16.0. The Labute approximate surface area is 247 Å². The van der Waals surface area contributed by atoms with Gasteiger partial charge < -0.3 is 18.9 Å². The molecule has 0 aromatic heterocycles. The SMILES string of the molecule is C#CCSc1ccc(OCC(=O)OC(C)(C)C)c(C)c1.CC(=O)Sc1ccc(OCC(=O)OC(C)(C)C)c(C)c1. The zero-order valence-corrected chi connectivity index (χ0v) is 26.5. The Kier molecular flexibility index (Phi) is 14.2. The Hall–Kier alpha value is -3.09. The fourth-order valence-corrected chi connectivity index (χ4v) is 4.41. The van der Waals surface area contributed by atoms with Crippen molar-refractivity contribution in [2.75, 3.05) is 19.0 Å². The minimum absolute atomic E-state index is 0.0341. The fourth-order valence-electron chi connectivity index (χ4n) is 3.03. The summed E-state index contributed by atoms with van der Waals surface area (Å²) in [7, 11) is 0. The molecule has 0 amide bonds. The summed E-state index contributed by atoms with van der Waals surface area (Å²) in [5, 5.41) is 0.0341. The first-order valence-corrected chi connectivity index (χ1v) is 14.4. The number of esters is 2. The number of thioether (sulfide) groups is 2. The van der Waals surface area contributed by atoms with E-state index >= 15 is 0 Å². The molecule has 9 heteroatoms. The molecule has 0 unspecified atom stereocenters. The largest absolute Gasteiger partial charge is 0.482 e. The molecule has 0 atom stereocenters. The van der Waals surface area contributed by atoms with Crippen molar-refractivity contribution in [3.05, 3.63) is 47.5 Å². The van der Waals surface area contributed by atoms with Crippen LogP contribution in [0.3, 0.4) is 0 Å². The van der Waals surface area contributed by atoms with E-state index in [1.807, 2.05) is 79.7 Å². The predicted octanol–water partition coefficient (Wildman–Crippen LogP) is 6.79. The lowest BCUT2D eigenvalue weighted by atomic mass is 10.2. The van der Waals surface area contributed by atoms with Gasteiger partial charge in [-0.2, -0.15) is 0 Å². The monoisotopic (exact) mass is 588 g/mol. The van der Waals surface area contributed by atoms with Crippen molar-refractivity contribution in [2.45, 2.75) is 83.3 Å². The third-order valence-corrected chi connectivity index (χ3v) is 6.08. The second kappa shape index (κ2) is 16.2. The lowest BCUT2D eigenvalue weighted by molar-refractivity contribution is -0.158. The molecule has 0 aliphatic carbocycles. The Morgan fingerprint density at radius 2 is 1.20 bits per heavy atom. The van der Waals surface area contributed by atoms with Gasteiger partial charge in [-0.3, -0.25) is 4.79 Å². The highest BCUT2D eigenvalue weighted by atomic mass is 32.2. The number of hydrogen-bond acceptors (Lipinski definition) is 9. The Balaban J connectivity index is 0.000000400. The van der Waals surface area contributed by atoms with Gasteiger partial charge >= 0.3 is 11.9 Å². The summed E-state index contributed by atoms with van der Waals surface area (Å²) in [6, 6.07) is 11.2. The molecule has 218 valence electrons. The van der Waals surface area contributed by atoms with Gasteiger partial charge in [0, 0.05) is 16.7 Å². The molecule has 0 aliphatic rings. The lowest BCUT2D eigenvalue weighted by Gasteiger charge is -2.19. The van der Waals surface area contributed by atoms with Crippen molar-refractivity contribution in [1.29, 1.82) is 0 Å². The smallest absolute Gasteiger partial charge is 0.344 e. The molecule has 0 saturated heterocycles. The third-order valence-electron chi connectivity index (χ3n) is 4.41. The van der Waals surface area contributed by atoms with E-state index in [2.05, 4.69) is 5.92 Å². The van der Waals surface area contributed by atoms with Gasteiger partial charge in [-0.15, -0.1) is 18.2 Å². The van der Waals surface area contributed by atoms with Crippen LogP contribution in [0.2, 0.25) is 0 Å². The minimum Gasteiger partial charge on any atom is -0.482 e. The van der Waals surface area contributed by atoms with Crippen LogP contribution in [0.15, 0.2) is 46.2 Å². The average Bonchev–Trinajstić information content (AvgIpc) is 2.79. The Morgan fingerprint density at radius 3 is 1.57 bits per heavy atom. The van der Waals surface area contributed by atoms with E-state index in [1.165, 1.54) is 18.7 Å². The molecule has 0 fully saturated rings. The van der Waals surface area contributed by atoms with Crippen LogP contribution >= 0.6 is 23.5 Å². The summed E-state index contributed by atoms with van der Waals surface area (Å²) in [5.74, 6) is 3.74. The van der Waals surface area contributed by atoms with Crippen molar-refractivity contribution in [3.63, 3.8) is 0 Å². The van der Waals surface area contributed by atoms with Crippen molar-refractivity contribution in [1.82, 2.24) is 0 Å². The molecular weight excluding hydrogens is 548 g/mol. The fraction of sp³-hybridized carbons (Fsp3) is 0.452. The van der Waals surface area contributed by atoms with Crippen molar-refractivity contribution in [2.24, 2.45) is 0 Å². The summed E-state index contributed by atoms with van der Waals surface area (Å²) in [5.41, 5.74) is 0.832. The van der Waals surface area contributed by atoms with Gasteiger partial charge in [-0.05, 0) is 103 Å². The quantitative estimate of drug-likeness (QED) is 0.178. The van der Waals surface area contributed by atoms with Crippen LogP contribution in [0, 0.1) is 26.2 Å². The molecule has 0 N–H and O–H groups in total. The maximum atomic E-state index is 11.6. The van der Waals surface area contributed by atoms with Crippen LogP contribution in [0.25, 0.3) is 0 Å². The van der Waals surface area contributed by atoms with Crippen LogP contribution in [-0.4, -0.2) is 47.2 Å². The molecule has 0 radical (unpaired) electrons. The minimum atomic E-state index is -0.516. The molecule has 0 aliphatic heterocycles. The highest BCUT2D eigenvalue weighted by molar-refractivity contribution is 8.13. The van der Waals surface area contributed by atoms with Crippen LogP contribution < -0.4 is 9.47 Å². The molecule has 0 bridgehead atoms. The first-order chi connectivity index (χ1) is 18.5. The topological polar surface area (TPSA) is 88.1 Å². The number of terminal acetylenes is 1. The number of hydrogen-bond donors (Lipinski definition) is 0. The van der Waals surface area contributed by atoms with Crippen LogP contribution in [0.4, 0.5) is 0 Å². The van der Waals surface area contributed by atoms with Crippen LogP contribution in [0.5, 0.6) is 11.5 Å². The summed E-state index contributed by atoms with van der Waals surface area (Å²) >= 11 is 2.76. The second-order valence-electron chi connectivity index (χ2n) is 10.7.